The van der Waals surface area contributed by atoms with Crippen molar-refractivity contribution in [1.82, 2.24) is 4.98 Å². The van der Waals surface area contributed by atoms with Gasteiger partial charge in [0.25, 0.3) is 0 Å². The van der Waals surface area contributed by atoms with E-state index in [1.54, 1.807) is 0 Å². The van der Waals surface area contributed by atoms with E-state index in [0.717, 1.165) is 0 Å². The molecule has 0 aliphatic rings. The summed E-state index contributed by atoms with van der Waals surface area (Å²) in [7, 11) is 0. The summed E-state index contributed by atoms with van der Waals surface area (Å²) in [6, 6.07) is 3.89. The van der Waals surface area contributed by atoms with Gasteiger partial charge in [0.1, 0.15) is 0 Å². The van der Waals surface area contributed by atoms with Crippen LogP contribution in [0.25, 0.3) is 0 Å². The van der Waals surface area contributed by atoms with Crippen LogP contribution in [0.3, 0.4) is 0 Å². The second-order valence-corrected chi connectivity index (χ2v) is 0.885. The average Bonchev–Trinajstić information content (AvgIpc) is 1.76. The van der Waals surface area contributed by atoms with Gasteiger partial charge >= 0.3 is 51.4 Å². The predicted molar refractivity (Wildman–Crippen MR) is 27.9 cm³/mol. The summed E-state index contributed by atoms with van der Waals surface area (Å²) in [6.07, 6.45) is 3.75. The molecule has 2 heteroatoms. The summed E-state index contributed by atoms with van der Waals surface area (Å²) in [5, 5.41) is 0. The maximum absolute atomic E-state index is 2.86. The summed E-state index contributed by atoms with van der Waals surface area (Å²) >= 11 is 0. The summed E-state index contributed by atoms with van der Waals surface area (Å²) in [6.45, 7) is 0. The molecule has 6 heavy (non-hydrogen) atoms. The molecule has 0 unspecified atom stereocenters. The molecule has 0 radical (unpaired) electrons. The van der Waals surface area contributed by atoms with E-state index in [2.05, 4.69) is 4.98 Å². The van der Waals surface area contributed by atoms with Gasteiger partial charge in [0, 0.05) is 12.4 Å². The van der Waals surface area contributed by atoms with Crippen LogP contribution in [-0.2, 0) is 0 Å². The van der Waals surface area contributed by atoms with E-state index >= 15 is 0 Å². The van der Waals surface area contributed by atoms with Gasteiger partial charge in [0.2, 0.25) is 0 Å². The molecule has 1 N–H and O–H groups in total. The van der Waals surface area contributed by atoms with Crippen molar-refractivity contribution in [3.63, 3.8) is 0 Å². The molecule has 1 rings (SSSR count). The van der Waals surface area contributed by atoms with Crippen molar-refractivity contribution in [3.8, 4) is 0 Å². The number of aromatic amines is 1. The zero-order chi connectivity index (χ0) is 3.54. The normalized spacial score (nSPS) is 6.67. The van der Waals surface area contributed by atoms with Crippen LogP contribution in [0.2, 0.25) is 0 Å². The fourth-order valence-electron chi connectivity index (χ4n) is 0.278. The molecule has 1 heterocycles. The van der Waals surface area contributed by atoms with Gasteiger partial charge in [0.05, 0.1) is 0 Å². The van der Waals surface area contributed by atoms with Gasteiger partial charge in [-0.3, -0.25) is 0 Å². The van der Waals surface area contributed by atoms with Gasteiger partial charge in [-0.25, -0.2) is 0 Å². The van der Waals surface area contributed by atoms with Crippen LogP contribution in [-0.4, -0.2) is 56.4 Å². The summed E-state index contributed by atoms with van der Waals surface area (Å²) in [5.41, 5.74) is 0. The van der Waals surface area contributed by atoms with Gasteiger partial charge < -0.3 is 4.98 Å². The minimum atomic E-state index is 0. The first-order valence-electron chi connectivity index (χ1n) is 1.58. The summed E-state index contributed by atoms with van der Waals surface area (Å²) in [4.78, 5) is 2.86. The monoisotopic (exact) mass is 107 g/mol. The Morgan fingerprint density at radius 1 is 1.00 bits per heavy atom. The molecule has 1 aromatic rings. The molecule has 0 saturated heterocycles. The number of H-pyrrole nitrogens is 1. The van der Waals surface area contributed by atoms with Crippen molar-refractivity contribution < 1.29 is 0 Å². The Labute approximate surface area is 79.6 Å². The minimum Gasteiger partial charge on any atom is -0.368 e. The third-order valence-corrected chi connectivity index (χ3v) is 0.496. The van der Waals surface area contributed by atoms with E-state index < -0.39 is 0 Å². The van der Waals surface area contributed by atoms with Crippen LogP contribution in [0, 0.1) is 0 Å². The average molecular weight is 107 g/mol. The first kappa shape index (κ1) is 6.92. The topological polar surface area (TPSA) is 15.8 Å². The SMILES string of the molecule is [KH].c1cc[nH]c1. The molecule has 1 nitrogen and oxygen atoms in total. The number of nitrogens with one attached hydrogen (secondary N) is 1. The number of rotatable bonds is 0. The first-order chi connectivity index (χ1) is 2.50. The fourth-order valence-corrected chi connectivity index (χ4v) is 0.278. The van der Waals surface area contributed by atoms with Crippen molar-refractivity contribution in [2.24, 2.45) is 0 Å². The Hall–Kier alpha value is 0.916. The van der Waals surface area contributed by atoms with Gasteiger partial charge in [-0.15, -0.1) is 0 Å². The maximum Gasteiger partial charge on any atom is 0.000496 e. The molecular formula is C4H6KN. The third kappa shape index (κ3) is 2.15. The van der Waals surface area contributed by atoms with Crippen LogP contribution in [0.5, 0.6) is 0 Å². The Bertz CT molecular complexity index is 64.0. The first-order valence-corrected chi connectivity index (χ1v) is 1.58. The number of aromatic nitrogens is 1. The molecule has 0 bridgehead atoms. The molecule has 0 amide bonds. The zero-order valence-electron chi connectivity index (χ0n) is 2.81. The molecule has 0 aliphatic heterocycles. The molecule has 0 aromatic carbocycles. The van der Waals surface area contributed by atoms with Crippen molar-refractivity contribution in [3.05, 3.63) is 24.5 Å². The van der Waals surface area contributed by atoms with E-state index in [0.29, 0.717) is 0 Å². The number of hydrogen-bond donors (Lipinski definition) is 1. The second kappa shape index (κ2) is 4.09. The molecule has 0 aliphatic carbocycles. The molecular weight excluding hydrogens is 101 g/mol. The standard InChI is InChI=1S/C4H5N.K.H/c1-2-4-5-3-1;;/h1-5H;;. The Morgan fingerprint density at radius 2 is 1.50 bits per heavy atom. The minimum absolute atomic E-state index is 0. The van der Waals surface area contributed by atoms with E-state index in [9.17, 15) is 0 Å². The largest absolute Gasteiger partial charge is 0.368 e. The summed E-state index contributed by atoms with van der Waals surface area (Å²) in [5.74, 6) is 0. The van der Waals surface area contributed by atoms with E-state index in [4.69, 9.17) is 0 Å². The third-order valence-electron chi connectivity index (χ3n) is 0.496. The van der Waals surface area contributed by atoms with E-state index in [-0.39, 0.29) is 51.4 Å². The molecule has 0 spiro atoms. The Morgan fingerprint density at radius 3 is 1.67 bits per heavy atom. The molecule has 0 saturated carbocycles. The Balaban J connectivity index is 0.000000250. The smallest absolute Gasteiger partial charge is 0.000496 e. The molecule has 0 fully saturated rings. The second-order valence-electron chi connectivity index (χ2n) is 0.885. The quantitative estimate of drug-likeness (QED) is 0.461. The van der Waals surface area contributed by atoms with Crippen LogP contribution in [0.4, 0.5) is 0 Å². The van der Waals surface area contributed by atoms with Crippen LogP contribution in [0.1, 0.15) is 0 Å². The van der Waals surface area contributed by atoms with Gasteiger partial charge in [-0.2, -0.15) is 0 Å². The van der Waals surface area contributed by atoms with Crippen LogP contribution < -0.4 is 0 Å². The molecule has 1 aromatic heterocycles. The predicted octanol–water partition coefficient (Wildman–Crippen LogP) is 0.366. The van der Waals surface area contributed by atoms with E-state index in [1.165, 1.54) is 0 Å². The zero-order valence-corrected chi connectivity index (χ0v) is 2.81. The van der Waals surface area contributed by atoms with Crippen molar-refractivity contribution in [2.45, 2.75) is 0 Å². The van der Waals surface area contributed by atoms with Gasteiger partial charge in [-0.1, -0.05) is 0 Å². The molecule has 28 valence electrons. The van der Waals surface area contributed by atoms with Crippen molar-refractivity contribution >= 4 is 51.4 Å². The van der Waals surface area contributed by atoms with Crippen molar-refractivity contribution in [1.29, 1.82) is 0 Å². The van der Waals surface area contributed by atoms with E-state index in [1.807, 2.05) is 24.5 Å². The van der Waals surface area contributed by atoms with Crippen LogP contribution in [0.15, 0.2) is 24.5 Å². The number of hydrogen-bond acceptors (Lipinski definition) is 0. The van der Waals surface area contributed by atoms with Gasteiger partial charge in [0.15, 0.2) is 0 Å². The molecule has 0 atom stereocenters. The van der Waals surface area contributed by atoms with Crippen molar-refractivity contribution in [2.75, 3.05) is 0 Å². The Kier molecular flexibility index (Phi) is 4.71. The maximum atomic E-state index is 2.86. The van der Waals surface area contributed by atoms with Crippen LogP contribution >= 0.6 is 0 Å². The fraction of sp³-hybridized carbons (Fsp3) is 0. The summed E-state index contributed by atoms with van der Waals surface area (Å²) < 4.78 is 0. The van der Waals surface area contributed by atoms with Gasteiger partial charge in [-0.05, 0) is 12.1 Å².